The van der Waals surface area contributed by atoms with Crippen LogP contribution in [0.4, 0.5) is 0 Å². The van der Waals surface area contributed by atoms with E-state index in [9.17, 15) is 5.11 Å². The third-order valence-electron chi connectivity index (χ3n) is 7.14. The van der Waals surface area contributed by atoms with E-state index in [4.69, 9.17) is 46.9 Å². The Bertz CT molecular complexity index is 1310. The molecule has 0 aliphatic carbocycles. The monoisotopic (exact) mass is 601 g/mol. The van der Waals surface area contributed by atoms with Crippen LogP contribution >= 0.6 is 23.2 Å². The van der Waals surface area contributed by atoms with Gasteiger partial charge in [-0.15, -0.1) is 0 Å². The summed E-state index contributed by atoms with van der Waals surface area (Å²) < 4.78 is 29.5. The Morgan fingerprint density at radius 1 is 1.02 bits per heavy atom. The minimum Gasteiger partial charge on any atom is -0.486 e. The summed E-state index contributed by atoms with van der Waals surface area (Å²) in [5.74, 6) is 1.64. The second-order valence-corrected chi connectivity index (χ2v) is 11.7. The van der Waals surface area contributed by atoms with Crippen LogP contribution in [0, 0.1) is 0 Å². The van der Waals surface area contributed by atoms with Crippen LogP contribution in [0.15, 0.2) is 54.6 Å². The lowest BCUT2D eigenvalue weighted by Gasteiger charge is -2.33. The molecule has 2 aliphatic rings. The fourth-order valence-electron chi connectivity index (χ4n) is 4.89. The van der Waals surface area contributed by atoms with E-state index in [0.29, 0.717) is 49.6 Å². The van der Waals surface area contributed by atoms with Crippen LogP contribution in [-0.4, -0.2) is 49.9 Å². The van der Waals surface area contributed by atoms with Crippen LogP contribution in [0.3, 0.4) is 0 Å². The van der Waals surface area contributed by atoms with E-state index >= 15 is 0 Å². The Kier molecular flexibility index (Phi) is 9.96. The third-order valence-corrected chi connectivity index (χ3v) is 7.84. The van der Waals surface area contributed by atoms with Gasteiger partial charge in [-0.3, -0.25) is 0 Å². The number of rotatable bonds is 12. The topological polar surface area (TPSA) is 78.4 Å². The predicted molar refractivity (Wildman–Crippen MR) is 159 cm³/mol. The number of halogens is 2. The van der Waals surface area contributed by atoms with Crippen molar-refractivity contribution in [2.45, 2.75) is 57.7 Å². The normalized spacial score (nSPS) is 17.9. The van der Waals surface area contributed by atoms with Gasteiger partial charge in [-0.25, -0.2) is 0 Å². The lowest BCUT2D eigenvalue weighted by atomic mass is 10.0. The SMILES string of the molecule is CC1(C)OCc2cc([C@@H](O)CNCCc3ccc4c(c3)O[C@H](COCCCc3c(Cl)cccc3Cl)CO4)ccc2O1. The van der Waals surface area contributed by atoms with Crippen LogP contribution in [0.2, 0.25) is 10.0 Å². The van der Waals surface area contributed by atoms with Crippen molar-refractivity contribution in [3.05, 3.63) is 86.9 Å². The van der Waals surface area contributed by atoms with Gasteiger partial charge in [-0.05, 0) is 78.9 Å². The fraction of sp³-hybridized carbons (Fsp3) is 0.438. The maximum atomic E-state index is 10.7. The number of hydrogen-bond acceptors (Lipinski definition) is 7. The summed E-state index contributed by atoms with van der Waals surface area (Å²) in [5.41, 5.74) is 3.86. The molecule has 0 unspecified atom stereocenters. The lowest BCUT2D eigenvalue weighted by Crippen LogP contribution is -2.35. The molecule has 2 aliphatic heterocycles. The number of hydrogen-bond donors (Lipinski definition) is 2. The second kappa shape index (κ2) is 13.6. The molecular formula is C32H37Cl2NO6. The fourth-order valence-corrected chi connectivity index (χ4v) is 5.48. The van der Waals surface area contributed by atoms with Gasteiger partial charge in [0, 0.05) is 42.6 Å². The van der Waals surface area contributed by atoms with Gasteiger partial charge in [-0.2, -0.15) is 0 Å². The molecule has 220 valence electrons. The van der Waals surface area contributed by atoms with Crippen molar-refractivity contribution in [1.29, 1.82) is 0 Å². The molecule has 3 aromatic carbocycles. The molecule has 0 fully saturated rings. The molecule has 2 atom stereocenters. The van der Waals surface area contributed by atoms with E-state index < -0.39 is 11.9 Å². The van der Waals surface area contributed by atoms with Crippen LogP contribution in [0.1, 0.15) is 48.6 Å². The maximum absolute atomic E-state index is 10.7. The molecule has 0 saturated carbocycles. The molecule has 7 nitrogen and oxygen atoms in total. The lowest BCUT2D eigenvalue weighted by molar-refractivity contribution is -0.180. The number of ether oxygens (including phenoxy) is 5. The molecule has 0 amide bonds. The molecule has 5 rings (SSSR count). The van der Waals surface area contributed by atoms with E-state index in [0.717, 1.165) is 58.8 Å². The Labute approximate surface area is 251 Å². The first kappa shape index (κ1) is 30.0. The van der Waals surface area contributed by atoms with Gasteiger partial charge in [0.2, 0.25) is 5.79 Å². The number of aliphatic hydroxyl groups excluding tert-OH is 1. The molecule has 0 saturated heterocycles. The zero-order chi connectivity index (χ0) is 28.8. The van der Waals surface area contributed by atoms with Crippen LogP contribution < -0.4 is 19.5 Å². The largest absolute Gasteiger partial charge is 0.486 e. The number of nitrogens with one attached hydrogen (secondary N) is 1. The van der Waals surface area contributed by atoms with Crippen molar-refractivity contribution in [2.24, 2.45) is 0 Å². The van der Waals surface area contributed by atoms with Gasteiger partial charge < -0.3 is 34.1 Å². The van der Waals surface area contributed by atoms with Gasteiger partial charge in [0.25, 0.3) is 0 Å². The summed E-state index contributed by atoms with van der Waals surface area (Å²) in [6.45, 7) is 6.87. The molecule has 2 heterocycles. The summed E-state index contributed by atoms with van der Waals surface area (Å²) in [5, 5.41) is 15.4. The Morgan fingerprint density at radius 3 is 2.66 bits per heavy atom. The molecule has 9 heteroatoms. The molecule has 0 bridgehead atoms. The van der Waals surface area contributed by atoms with E-state index in [-0.39, 0.29) is 6.10 Å². The van der Waals surface area contributed by atoms with Crippen LogP contribution in [0.5, 0.6) is 17.2 Å². The van der Waals surface area contributed by atoms with Crippen LogP contribution in [0.25, 0.3) is 0 Å². The Hall–Kier alpha value is -2.52. The second-order valence-electron chi connectivity index (χ2n) is 10.8. The molecule has 2 N–H and O–H groups in total. The highest BCUT2D eigenvalue weighted by molar-refractivity contribution is 6.35. The molecule has 3 aromatic rings. The van der Waals surface area contributed by atoms with Crippen molar-refractivity contribution in [3.8, 4) is 17.2 Å². The van der Waals surface area contributed by atoms with Crippen molar-refractivity contribution >= 4 is 23.2 Å². The number of fused-ring (bicyclic) bond motifs is 2. The quantitative estimate of drug-likeness (QED) is 0.236. The highest BCUT2D eigenvalue weighted by Gasteiger charge is 2.28. The summed E-state index contributed by atoms with van der Waals surface area (Å²) in [7, 11) is 0. The zero-order valence-corrected chi connectivity index (χ0v) is 25.0. The predicted octanol–water partition coefficient (Wildman–Crippen LogP) is 6.29. The van der Waals surface area contributed by atoms with E-state index in [1.807, 2.05) is 68.4 Å². The Morgan fingerprint density at radius 2 is 1.83 bits per heavy atom. The van der Waals surface area contributed by atoms with Gasteiger partial charge in [0.05, 0.1) is 19.3 Å². The van der Waals surface area contributed by atoms with Crippen molar-refractivity contribution in [2.75, 3.05) is 32.9 Å². The summed E-state index contributed by atoms with van der Waals surface area (Å²) in [4.78, 5) is 0. The summed E-state index contributed by atoms with van der Waals surface area (Å²) in [6, 6.07) is 17.3. The van der Waals surface area contributed by atoms with Gasteiger partial charge >= 0.3 is 0 Å². The number of benzene rings is 3. The van der Waals surface area contributed by atoms with E-state index in [1.54, 1.807) is 0 Å². The van der Waals surface area contributed by atoms with Gasteiger partial charge in [0.1, 0.15) is 12.4 Å². The minimum absolute atomic E-state index is 0.173. The first-order valence-corrected chi connectivity index (χ1v) is 14.8. The highest BCUT2D eigenvalue weighted by Crippen LogP contribution is 2.34. The van der Waals surface area contributed by atoms with Gasteiger partial charge in [-0.1, -0.05) is 41.4 Å². The maximum Gasteiger partial charge on any atom is 0.205 e. The highest BCUT2D eigenvalue weighted by atomic mass is 35.5. The van der Waals surface area contributed by atoms with Crippen LogP contribution in [-0.2, 0) is 28.9 Å². The van der Waals surface area contributed by atoms with Gasteiger partial charge in [0.15, 0.2) is 17.6 Å². The van der Waals surface area contributed by atoms with E-state index in [1.165, 1.54) is 0 Å². The molecule has 41 heavy (non-hydrogen) atoms. The Balaban J connectivity index is 1.02. The van der Waals surface area contributed by atoms with E-state index in [2.05, 4.69) is 5.32 Å². The molecule has 0 aromatic heterocycles. The standard InChI is InChI=1S/C32H37Cl2NO6/c1-32(2)39-18-23-16-22(9-11-29(23)41-32)28(36)17-35-13-12-21-8-10-30-31(15-21)40-24(20-38-30)19-37-14-4-5-25-26(33)6-3-7-27(25)34/h3,6-11,15-16,24,28,35-36H,4-5,12-14,17-20H2,1-2H3/t24-,28+/m1/s1. The van der Waals surface area contributed by atoms with Crippen molar-refractivity contribution < 1.29 is 28.8 Å². The average Bonchev–Trinajstić information content (AvgIpc) is 2.95. The smallest absolute Gasteiger partial charge is 0.205 e. The minimum atomic E-state index is -0.634. The first-order valence-electron chi connectivity index (χ1n) is 14.0. The zero-order valence-electron chi connectivity index (χ0n) is 23.5. The first-order chi connectivity index (χ1) is 19.8. The van der Waals surface area contributed by atoms with Crippen molar-refractivity contribution in [1.82, 2.24) is 5.32 Å². The van der Waals surface area contributed by atoms with Crippen molar-refractivity contribution in [3.63, 3.8) is 0 Å². The average molecular weight is 603 g/mol. The molecule has 0 spiro atoms. The molecule has 0 radical (unpaired) electrons. The molecular weight excluding hydrogens is 565 g/mol. The summed E-state index contributed by atoms with van der Waals surface area (Å²) in [6.07, 6.45) is 1.56. The summed E-state index contributed by atoms with van der Waals surface area (Å²) >= 11 is 12.5. The third kappa shape index (κ3) is 8.07. The number of aliphatic hydroxyl groups is 1.